The first-order valence-electron chi connectivity index (χ1n) is 8.71. The average molecular weight is 395 g/mol. The van der Waals surface area contributed by atoms with Gasteiger partial charge in [-0.25, -0.2) is 9.67 Å². The SMILES string of the molecule is CC(C)(NC(=O)c1ccc(-n2cncn2)c([N+](=O)[O-])c1)c1ccc2c(c1)OCO2. The van der Waals surface area contributed by atoms with Crippen LogP contribution in [0.5, 0.6) is 11.5 Å². The van der Waals surface area contributed by atoms with Crippen LogP contribution in [0.25, 0.3) is 5.69 Å². The molecule has 0 aliphatic carbocycles. The lowest BCUT2D eigenvalue weighted by molar-refractivity contribution is -0.384. The Hall–Kier alpha value is -3.95. The maximum Gasteiger partial charge on any atom is 0.295 e. The number of nitrogens with one attached hydrogen (secondary N) is 1. The van der Waals surface area contributed by atoms with E-state index in [-0.39, 0.29) is 23.7 Å². The van der Waals surface area contributed by atoms with Gasteiger partial charge in [-0.1, -0.05) is 6.07 Å². The lowest BCUT2D eigenvalue weighted by Gasteiger charge is -2.27. The molecule has 0 atom stereocenters. The van der Waals surface area contributed by atoms with Gasteiger partial charge in [0, 0.05) is 11.6 Å². The van der Waals surface area contributed by atoms with Gasteiger partial charge in [-0.2, -0.15) is 5.10 Å². The largest absolute Gasteiger partial charge is 0.454 e. The van der Waals surface area contributed by atoms with Crippen molar-refractivity contribution in [3.8, 4) is 17.2 Å². The molecule has 0 saturated carbocycles. The van der Waals surface area contributed by atoms with Crippen LogP contribution in [0.4, 0.5) is 5.69 Å². The number of carbonyl (C=O) groups excluding carboxylic acids is 1. The number of nitro groups is 1. The molecule has 0 radical (unpaired) electrons. The van der Waals surface area contributed by atoms with Crippen LogP contribution in [0.1, 0.15) is 29.8 Å². The van der Waals surface area contributed by atoms with E-state index in [4.69, 9.17) is 9.47 Å². The molecule has 0 fully saturated rings. The number of benzene rings is 2. The Morgan fingerprint density at radius 2 is 2.00 bits per heavy atom. The van der Waals surface area contributed by atoms with Crippen molar-refractivity contribution in [2.75, 3.05) is 6.79 Å². The Bertz CT molecular complexity index is 1090. The minimum atomic E-state index is -0.753. The minimum Gasteiger partial charge on any atom is -0.454 e. The van der Waals surface area contributed by atoms with Crippen LogP contribution in [-0.4, -0.2) is 32.4 Å². The monoisotopic (exact) mass is 395 g/mol. The molecule has 1 aliphatic heterocycles. The second-order valence-electron chi connectivity index (χ2n) is 6.95. The highest BCUT2D eigenvalue weighted by molar-refractivity contribution is 5.95. The number of hydrogen-bond donors (Lipinski definition) is 1. The topological polar surface area (TPSA) is 121 Å². The van der Waals surface area contributed by atoms with Crippen molar-refractivity contribution >= 4 is 11.6 Å². The van der Waals surface area contributed by atoms with Crippen molar-refractivity contribution in [2.45, 2.75) is 19.4 Å². The van der Waals surface area contributed by atoms with E-state index in [0.717, 1.165) is 5.56 Å². The summed E-state index contributed by atoms with van der Waals surface area (Å²) in [6.07, 6.45) is 2.63. The van der Waals surface area contributed by atoms with Gasteiger partial charge in [0.25, 0.3) is 11.6 Å². The molecule has 1 amide bonds. The summed E-state index contributed by atoms with van der Waals surface area (Å²) in [4.78, 5) is 27.5. The first-order valence-corrected chi connectivity index (χ1v) is 8.71. The molecule has 148 valence electrons. The van der Waals surface area contributed by atoms with Crippen LogP contribution in [0, 0.1) is 10.1 Å². The van der Waals surface area contributed by atoms with Gasteiger partial charge in [-0.3, -0.25) is 14.9 Å². The third kappa shape index (κ3) is 3.47. The van der Waals surface area contributed by atoms with E-state index in [9.17, 15) is 14.9 Å². The molecule has 10 nitrogen and oxygen atoms in total. The lowest BCUT2D eigenvalue weighted by Crippen LogP contribution is -2.41. The molecular formula is C19H17N5O5. The molecule has 3 aromatic rings. The second-order valence-corrected chi connectivity index (χ2v) is 6.95. The van der Waals surface area contributed by atoms with E-state index in [0.29, 0.717) is 11.5 Å². The second kappa shape index (κ2) is 6.89. The van der Waals surface area contributed by atoms with Gasteiger partial charge < -0.3 is 14.8 Å². The fourth-order valence-corrected chi connectivity index (χ4v) is 3.05. The summed E-state index contributed by atoms with van der Waals surface area (Å²) in [5.41, 5.74) is 0.193. The summed E-state index contributed by atoms with van der Waals surface area (Å²) in [6, 6.07) is 9.62. The first kappa shape index (κ1) is 18.4. The molecular weight excluding hydrogens is 378 g/mol. The Labute approximate surface area is 165 Å². The fraction of sp³-hybridized carbons (Fsp3) is 0.211. The molecule has 1 N–H and O–H groups in total. The van der Waals surface area contributed by atoms with Crippen molar-refractivity contribution in [1.82, 2.24) is 20.1 Å². The van der Waals surface area contributed by atoms with Crippen LogP contribution in [-0.2, 0) is 5.54 Å². The quantitative estimate of drug-likeness (QED) is 0.520. The number of hydrogen-bond acceptors (Lipinski definition) is 7. The standard InChI is InChI=1S/C19H17N5O5/c1-19(2,13-4-6-16-17(8-13)29-11-28-16)22-18(25)12-3-5-14(15(7-12)24(26)27)23-10-20-9-21-23/h3-10H,11H2,1-2H3,(H,22,25). The Balaban J connectivity index is 1.61. The van der Waals surface area contributed by atoms with E-state index in [1.807, 2.05) is 19.9 Å². The molecule has 0 unspecified atom stereocenters. The highest BCUT2D eigenvalue weighted by Gasteiger charge is 2.27. The number of nitrogens with zero attached hydrogens (tertiary/aromatic N) is 4. The number of aromatic nitrogens is 3. The third-order valence-electron chi connectivity index (χ3n) is 4.62. The van der Waals surface area contributed by atoms with Gasteiger partial charge in [0.2, 0.25) is 6.79 Å². The van der Waals surface area contributed by atoms with Crippen molar-refractivity contribution < 1.29 is 19.2 Å². The van der Waals surface area contributed by atoms with Gasteiger partial charge >= 0.3 is 0 Å². The molecule has 29 heavy (non-hydrogen) atoms. The van der Waals surface area contributed by atoms with Crippen molar-refractivity contribution in [3.05, 3.63) is 70.3 Å². The van der Waals surface area contributed by atoms with Crippen LogP contribution >= 0.6 is 0 Å². The molecule has 10 heteroatoms. The van der Waals surface area contributed by atoms with Crippen molar-refractivity contribution in [1.29, 1.82) is 0 Å². The van der Waals surface area contributed by atoms with Gasteiger partial charge in [-0.05, 0) is 43.7 Å². The molecule has 4 rings (SSSR count). The highest BCUT2D eigenvalue weighted by Crippen LogP contribution is 2.35. The predicted octanol–water partition coefficient (Wildman–Crippen LogP) is 2.57. The molecule has 2 aromatic carbocycles. The fourth-order valence-electron chi connectivity index (χ4n) is 3.05. The van der Waals surface area contributed by atoms with Crippen LogP contribution in [0.3, 0.4) is 0 Å². The summed E-state index contributed by atoms with van der Waals surface area (Å²) in [6.45, 7) is 3.83. The van der Waals surface area contributed by atoms with E-state index < -0.39 is 16.4 Å². The Morgan fingerprint density at radius 3 is 2.72 bits per heavy atom. The number of fused-ring (bicyclic) bond motifs is 1. The summed E-state index contributed by atoms with van der Waals surface area (Å²) in [7, 11) is 0. The predicted molar refractivity (Wildman–Crippen MR) is 101 cm³/mol. The average Bonchev–Trinajstić information content (AvgIpc) is 3.38. The van der Waals surface area contributed by atoms with Crippen LogP contribution in [0.2, 0.25) is 0 Å². The lowest BCUT2D eigenvalue weighted by atomic mass is 9.93. The zero-order valence-corrected chi connectivity index (χ0v) is 15.7. The number of carbonyl (C=O) groups is 1. The summed E-state index contributed by atoms with van der Waals surface area (Å²) >= 11 is 0. The van der Waals surface area contributed by atoms with Gasteiger partial charge in [0.1, 0.15) is 18.3 Å². The van der Waals surface area contributed by atoms with Crippen LogP contribution < -0.4 is 14.8 Å². The molecule has 1 aromatic heterocycles. The number of nitro benzene ring substituents is 1. The summed E-state index contributed by atoms with van der Waals surface area (Å²) in [5, 5.41) is 18.3. The zero-order chi connectivity index (χ0) is 20.6. The number of amides is 1. The number of ether oxygens (including phenoxy) is 2. The van der Waals surface area contributed by atoms with E-state index in [1.165, 1.54) is 35.5 Å². The third-order valence-corrected chi connectivity index (χ3v) is 4.62. The van der Waals surface area contributed by atoms with Gasteiger partial charge in [0.15, 0.2) is 11.5 Å². The molecule has 0 saturated heterocycles. The molecule has 0 bridgehead atoms. The molecule has 0 spiro atoms. The zero-order valence-electron chi connectivity index (χ0n) is 15.7. The Kier molecular flexibility index (Phi) is 4.38. The maximum atomic E-state index is 12.8. The van der Waals surface area contributed by atoms with Crippen molar-refractivity contribution in [2.24, 2.45) is 0 Å². The maximum absolute atomic E-state index is 12.8. The Morgan fingerprint density at radius 1 is 1.21 bits per heavy atom. The van der Waals surface area contributed by atoms with Gasteiger partial charge in [-0.15, -0.1) is 0 Å². The summed E-state index contributed by atoms with van der Waals surface area (Å²) < 4.78 is 12.0. The molecule has 1 aliphatic rings. The van der Waals surface area contributed by atoms with Crippen LogP contribution in [0.15, 0.2) is 49.1 Å². The van der Waals surface area contributed by atoms with Gasteiger partial charge in [0.05, 0.1) is 10.5 Å². The molecule has 2 heterocycles. The first-order chi connectivity index (χ1) is 13.8. The number of rotatable bonds is 5. The minimum absolute atomic E-state index is 0.160. The van der Waals surface area contributed by atoms with E-state index in [1.54, 1.807) is 12.1 Å². The van der Waals surface area contributed by atoms with E-state index in [2.05, 4.69) is 15.4 Å². The normalized spacial score (nSPS) is 12.6. The summed E-state index contributed by atoms with van der Waals surface area (Å²) in [5.74, 6) is 0.814. The van der Waals surface area contributed by atoms with E-state index >= 15 is 0 Å². The highest BCUT2D eigenvalue weighted by atomic mass is 16.7. The smallest absolute Gasteiger partial charge is 0.295 e. The van der Waals surface area contributed by atoms with Crippen molar-refractivity contribution in [3.63, 3.8) is 0 Å².